The molecule has 1 saturated carbocycles. The predicted molar refractivity (Wildman–Crippen MR) is 131 cm³/mol. The Morgan fingerprint density at radius 2 is 2.00 bits per heavy atom. The molecular formula is C23H33IN4O2. The average molecular weight is 524 g/mol. The fourth-order valence-electron chi connectivity index (χ4n) is 4.47. The number of hydrogen-bond acceptors (Lipinski definition) is 3. The monoisotopic (exact) mass is 524 g/mol. The summed E-state index contributed by atoms with van der Waals surface area (Å²) in [7, 11) is 0. The van der Waals surface area contributed by atoms with E-state index in [9.17, 15) is 4.79 Å². The summed E-state index contributed by atoms with van der Waals surface area (Å²) in [6.07, 6.45) is 6.77. The number of amides is 1. The molecule has 2 fully saturated rings. The molecule has 1 aliphatic carbocycles. The van der Waals surface area contributed by atoms with Gasteiger partial charge in [0.2, 0.25) is 5.91 Å². The van der Waals surface area contributed by atoms with Crippen molar-refractivity contribution in [1.29, 1.82) is 0 Å². The highest BCUT2D eigenvalue weighted by Gasteiger charge is 2.31. The smallest absolute Gasteiger partial charge is 0.225 e. The number of carbonyl (C=O) groups excluding carboxylic acids is 1. The van der Waals surface area contributed by atoms with E-state index in [0.717, 1.165) is 61.6 Å². The van der Waals surface area contributed by atoms with E-state index < -0.39 is 0 Å². The molecule has 6 nitrogen and oxygen atoms in total. The summed E-state index contributed by atoms with van der Waals surface area (Å²) >= 11 is 0. The molecule has 1 aliphatic heterocycles. The molecule has 1 unspecified atom stereocenters. The van der Waals surface area contributed by atoms with Crippen LogP contribution in [0.25, 0.3) is 11.0 Å². The summed E-state index contributed by atoms with van der Waals surface area (Å²) in [5.41, 5.74) is 0.892. The minimum absolute atomic E-state index is 0. The number of furan rings is 1. The summed E-state index contributed by atoms with van der Waals surface area (Å²) in [6.45, 7) is 4.96. The van der Waals surface area contributed by atoms with Gasteiger partial charge in [-0.15, -0.1) is 24.0 Å². The van der Waals surface area contributed by atoms with Gasteiger partial charge >= 0.3 is 0 Å². The number of likely N-dealkylation sites (tertiary alicyclic amines) is 1. The van der Waals surface area contributed by atoms with E-state index in [1.165, 1.54) is 19.3 Å². The van der Waals surface area contributed by atoms with Crippen LogP contribution in [0, 0.1) is 5.92 Å². The second-order valence-corrected chi connectivity index (χ2v) is 8.19. The fourth-order valence-corrected chi connectivity index (χ4v) is 4.47. The van der Waals surface area contributed by atoms with Crippen LogP contribution in [0.2, 0.25) is 0 Å². The van der Waals surface area contributed by atoms with Crippen molar-refractivity contribution < 1.29 is 9.21 Å². The fraction of sp³-hybridized carbons (Fsp3) is 0.565. The molecule has 1 atom stereocenters. The van der Waals surface area contributed by atoms with Crippen molar-refractivity contribution in [3.8, 4) is 0 Å². The van der Waals surface area contributed by atoms with Crippen LogP contribution in [0.15, 0.2) is 39.7 Å². The van der Waals surface area contributed by atoms with Gasteiger partial charge in [-0.05, 0) is 38.3 Å². The molecule has 2 aromatic rings. The van der Waals surface area contributed by atoms with Crippen molar-refractivity contribution in [3.05, 3.63) is 36.1 Å². The zero-order chi connectivity index (χ0) is 20.1. The third-order valence-electron chi connectivity index (χ3n) is 6.01. The molecule has 164 valence electrons. The quantitative estimate of drug-likeness (QED) is 0.348. The van der Waals surface area contributed by atoms with Crippen LogP contribution in [-0.2, 0) is 11.3 Å². The van der Waals surface area contributed by atoms with Crippen LogP contribution in [0.4, 0.5) is 0 Å². The molecule has 30 heavy (non-hydrogen) atoms. The molecule has 0 bridgehead atoms. The molecule has 1 aromatic heterocycles. The highest BCUT2D eigenvalue weighted by Crippen LogP contribution is 2.27. The van der Waals surface area contributed by atoms with Gasteiger partial charge in [0.25, 0.3) is 0 Å². The number of halogens is 1. The Labute approximate surface area is 195 Å². The SMILES string of the molecule is CCNC(=NCc1cc2ccccc2o1)NC1CCN(C(=O)C2CCCCC2)C1.I. The molecule has 2 aliphatic rings. The van der Waals surface area contributed by atoms with Crippen molar-refractivity contribution in [3.63, 3.8) is 0 Å². The first kappa shape index (κ1) is 22.9. The number of hydrogen-bond donors (Lipinski definition) is 2. The van der Waals surface area contributed by atoms with Gasteiger partial charge in [0, 0.05) is 37.0 Å². The minimum Gasteiger partial charge on any atom is -0.459 e. The van der Waals surface area contributed by atoms with Gasteiger partial charge < -0.3 is 20.0 Å². The Kier molecular flexibility index (Phi) is 8.41. The van der Waals surface area contributed by atoms with Gasteiger partial charge in [-0.2, -0.15) is 0 Å². The van der Waals surface area contributed by atoms with Crippen LogP contribution in [-0.4, -0.2) is 42.4 Å². The second kappa shape index (κ2) is 11.0. The number of benzene rings is 1. The number of carbonyl (C=O) groups is 1. The molecule has 2 N–H and O–H groups in total. The molecule has 2 heterocycles. The van der Waals surface area contributed by atoms with Crippen molar-refractivity contribution in [2.24, 2.45) is 10.9 Å². The highest BCUT2D eigenvalue weighted by atomic mass is 127. The van der Waals surface area contributed by atoms with E-state index in [2.05, 4.69) is 22.5 Å². The number of guanidine groups is 1. The van der Waals surface area contributed by atoms with Gasteiger partial charge in [-0.1, -0.05) is 37.5 Å². The number of aliphatic imine (C=N–C) groups is 1. The van der Waals surface area contributed by atoms with Crippen molar-refractivity contribution in [2.45, 2.75) is 58.0 Å². The van der Waals surface area contributed by atoms with Gasteiger partial charge in [0.05, 0.1) is 0 Å². The topological polar surface area (TPSA) is 69.9 Å². The number of para-hydroxylation sites is 1. The number of nitrogens with one attached hydrogen (secondary N) is 2. The van der Waals surface area contributed by atoms with Crippen LogP contribution < -0.4 is 10.6 Å². The average Bonchev–Trinajstić information content (AvgIpc) is 3.39. The normalized spacial score (nSPS) is 20.2. The third-order valence-corrected chi connectivity index (χ3v) is 6.01. The zero-order valence-electron chi connectivity index (χ0n) is 17.7. The summed E-state index contributed by atoms with van der Waals surface area (Å²) in [5, 5.41) is 7.93. The van der Waals surface area contributed by atoms with Crippen LogP contribution in [0.3, 0.4) is 0 Å². The third kappa shape index (κ3) is 5.68. The first-order valence-electron chi connectivity index (χ1n) is 11.0. The standard InChI is InChI=1S/C23H32N4O2.HI/c1-2-24-23(25-15-20-14-18-10-6-7-11-21(18)29-20)26-19-12-13-27(16-19)22(28)17-8-4-3-5-9-17;/h6-7,10-11,14,17,19H,2-5,8-9,12-13,15-16H2,1H3,(H2,24,25,26);1H. The first-order chi connectivity index (χ1) is 14.2. The number of nitrogens with zero attached hydrogens (tertiary/aromatic N) is 2. The highest BCUT2D eigenvalue weighted by molar-refractivity contribution is 14.0. The molecule has 1 amide bonds. The van der Waals surface area contributed by atoms with Crippen molar-refractivity contribution in [2.75, 3.05) is 19.6 Å². The molecule has 0 radical (unpaired) electrons. The van der Waals surface area contributed by atoms with E-state index in [-0.39, 0.29) is 35.9 Å². The van der Waals surface area contributed by atoms with Gasteiger partial charge in [-0.3, -0.25) is 4.79 Å². The Bertz CT molecular complexity index is 827. The number of rotatable bonds is 5. The largest absolute Gasteiger partial charge is 0.459 e. The lowest BCUT2D eigenvalue weighted by Gasteiger charge is -2.26. The molecule has 1 aromatic carbocycles. The van der Waals surface area contributed by atoms with Crippen LogP contribution >= 0.6 is 24.0 Å². The van der Waals surface area contributed by atoms with Crippen molar-refractivity contribution in [1.82, 2.24) is 15.5 Å². The minimum atomic E-state index is 0. The summed E-state index contributed by atoms with van der Waals surface area (Å²) in [6, 6.07) is 10.3. The van der Waals surface area contributed by atoms with Gasteiger partial charge in [0.1, 0.15) is 17.9 Å². The van der Waals surface area contributed by atoms with Crippen LogP contribution in [0.5, 0.6) is 0 Å². The summed E-state index contributed by atoms with van der Waals surface area (Å²) in [5.74, 6) is 2.24. The lowest BCUT2D eigenvalue weighted by atomic mass is 9.88. The maximum atomic E-state index is 12.8. The van der Waals surface area contributed by atoms with E-state index in [0.29, 0.717) is 12.5 Å². The Hall–Kier alpha value is -1.77. The molecule has 7 heteroatoms. The molecule has 1 saturated heterocycles. The van der Waals surface area contributed by atoms with Crippen LogP contribution in [0.1, 0.15) is 51.2 Å². The Morgan fingerprint density at radius 3 is 2.77 bits per heavy atom. The number of fused-ring (bicyclic) bond motifs is 1. The predicted octanol–water partition coefficient (Wildman–Crippen LogP) is 4.29. The lowest BCUT2D eigenvalue weighted by molar-refractivity contribution is -0.135. The zero-order valence-corrected chi connectivity index (χ0v) is 20.1. The maximum absolute atomic E-state index is 12.8. The lowest BCUT2D eigenvalue weighted by Crippen LogP contribution is -2.45. The van der Waals surface area contributed by atoms with E-state index in [4.69, 9.17) is 9.41 Å². The van der Waals surface area contributed by atoms with Gasteiger partial charge in [0.15, 0.2) is 5.96 Å². The molecular weight excluding hydrogens is 491 g/mol. The molecule has 0 spiro atoms. The van der Waals surface area contributed by atoms with Crippen molar-refractivity contribution >= 4 is 46.8 Å². The summed E-state index contributed by atoms with van der Waals surface area (Å²) < 4.78 is 5.87. The van der Waals surface area contributed by atoms with E-state index >= 15 is 0 Å². The van der Waals surface area contributed by atoms with E-state index in [1.54, 1.807) is 0 Å². The first-order valence-corrected chi connectivity index (χ1v) is 11.0. The Morgan fingerprint density at radius 1 is 1.20 bits per heavy atom. The van der Waals surface area contributed by atoms with Gasteiger partial charge in [-0.25, -0.2) is 4.99 Å². The van der Waals surface area contributed by atoms with E-state index in [1.807, 2.05) is 30.3 Å². The molecule has 4 rings (SSSR count). The Balaban J connectivity index is 0.00000256. The summed E-state index contributed by atoms with van der Waals surface area (Å²) in [4.78, 5) is 19.5. The second-order valence-electron chi connectivity index (χ2n) is 8.19. The maximum Gasteiger partial charge on any atom is 0.225 e.